The van der Waals surface area contributed by atoms with Gasteiger partial charge in [0, 0.05) is 51.1 Å². The SMILES string of the molecule is C[N+]1(c2ccccc2)c2ccccc2-c2ccc(N(c3ccccc3)c3cccc(-c4cccc(-c5ccc6c(c5)c5ccccc5n6-c5ccccc5)c4)c3)cc21. The van der Waals surface area contributed by atoms with E-state index in [-0.39, 0.29) is 0 Å². The van der Waals surface area contributed by atoms with Gasteiger partial charge in [-0.25, -0.2) is 4.48 Å². The maximum Gasteiger partial charge on any atom is 0.153 e. The first-order valence-corrected chi connectivity index (χ1v) is 20.0. The third kappa shape index (κ3) is 5.40. The molecule has 0 saturated heterocycles. The van der Waals surface area contributed by atoms with E-state index in [0.29, 0.717) is 4.48 Å². The van der Waals surface area contributed by atoms with Crippen molar-refractivity contribution in [3.63, 3.8) is 0 Å². The molecule has 0 bridgehead atoms. The van der Waals surface area contributed by atoms with Crippen molar-refractivity contribution in [3.8, 4) is 39.1 Å². The van der Waals surface area contributed by atoms with E-state index in [1.54, 1.807) is 0 Å². The van der Waals surface area contributed by atoms with Gasteiger partial charge in [0.25, 0.3) is 0 Å². The summed E-state index contributed by atoms with van der Waals surface area (Å²) in [5.41, 5.74) is 18.0. The van der Waals surface area contributed by atoms with Gasteiger partial charge in [-0.2, -0.15) is 0 Å². The minimum atomic E-state index is 0.605. The van der Waals surface area contributed by atoms with Crippen LogP contribution in [0.15, 0.2) is 224 Å². The fraction of sp³-hybridized carbons (Fsp3) is 0.0182. The van der Waals surface area contributed by atoms with Crippen LogP contribution in [0.25, 0.3) is 60.9 Å². The fourth-order valence-electron chi connectivity index (χ4n) is 9.22. The van der Waals surface area contributed by atoms with E-state index in [0.717, 1.165) is 17.1 Å². The molecule has 11 rings (SSSR count). The molecule has 3 heteroatoms. The van der Waals surface area contributed by atoms with E-state index < -0.39 is 0 Å². The number of nitrogens with zero attached hydrogens (tertiary/aromatic N) is 3. The van der Waals surface area contributed by atoms with Crippen LogP contribution in [0.5, 0.6) is 0 Å². The topological polar surface area (TPSA) is 8.17 Å². The molecule has 0 saturated carbocycles. The molecule has 2 heterocycles. The van der Waals surface area contributed by atoms with Gasteiger partial charge in [0.05, 0.1) is 23.8 Å². The Morgan fingerprint density at radius 2 is 0.931 bits per heavy atom. The normalized spacial score (nSPS) is 14.4. The van der Waals surface area contributed by atoms with Gasteiger partial charge in [0.2, 0.25) is 0 Å². The number of hydrogen-bond acceptors (Lipinski definition) is 1. The number of aromatic nitrogens is 1. The highest BCUT2D eigenvalue weighted by Gasteiger charge is 2.42. The van der Waals surface area contributed by atoms with E-state index in [1.165, 1.54) is 77.9 Å². The van der Waals surface area contributed by atoms with Crippen LogP contribution in [-0.2, 0) is 0 Å². The molecule has 10 aromatic rings. The second-order valence-corrected chi connectivity index (χ2v) is 15.3. The first-order chi connectivity index (χ1) is 28.6. The van der Waals surface area contributed by atoms with Crippen molar-refractivity contribution in [2.45, 2.75) is 0 Å². The highest BCUT2D eigenvalue weighted by Crippen LogP contribution is 2.57. The number of quaternary nitrogens is 1. The van der Waals surface area contributed by atoms with E-state index in [2.05, 4.69) is 241 Å². The number of anilines is 3. The van der Waals surface area contributed by atoms with Crippen LogP contribution in [0, 0.1) is 0 Å². The quantitative estimate of drug-likeness (QED) is 0.148. The molecule has 0 radical (unpaired) electrons. The highest BCUT2D eigenvalue weighted by atomic mass is 15.4. The Bertz CT molecular complexity index is 3130. The molecular weight excluding hydrogens is 703 g/mol. The van der Waals surface area contributed by atoms with Gasteiger partial charge in [-0.15, -0.1) is 0 Å². The summed E-state index contributed by atoms with van der Waals surface area (Å²) in [6.45, 7) is 0. The summed E-state index contributed by atoms with van der Waals surface area (Å²) in [5.74, 6) is 0. The highest BCUT2D eigenvalue weighted by molar-refractivity contribution is 6.10. The molecule has 274 valence electrons. The Kier molecular flexibility index (Phi) is 7.95. The predicted molar refractivity (Wildman–Crippen MR) is 245 cm³/mol. The summed E-state index contributed by atoms with van der Waals surface area (Å²) in [4.78, 5) is 2.39. The van der Waals surface area contributed by atoms with Crippen molar-refractivity contribution in [2.24, 2.45) is 0 Å². The average molecular weight is 743 g/mol. The number of fused-ring (bicyclic) bond motifs is 6. The predicted octanol–water partition coefficient (Wildman–Crippen LogP) is 15.2. The largest absolute Gasteiger partial charge is 0.310 e. The number of hydrogen-bond donors (Lipinski definition) is 0. The Hall–Kier alpha value is -7.46. The maximum absolute atomic E-state index is 2.40. The van der Waals surface area contributed by atoms with Gasteiger partial charge < -0.3 is 9.47 Å². The van der Waals surface area contributed by atoms with Crippen molar-refractivity contribution in [1.82, 2.24) is 9.05 Å². The molecule has 3 nitrogen and oxygen atoms in total. The monoisotopic (exact) mass is 742 g/mol. The van der Waals surface area contributed by atoms with Gasteiger partial charge in [0.1, 0.15) is 5.69 Å². The fourth-order valence-corrected chi connectivity index (χ4v) is 9.22. The molecule has 0 amide bonds. The summed E-state index contributed by atoms with van der Waals surface area (Å²) in [6, 6.07) is 81.6. The lowest BCUT2D eigenvalue weighted by Gasteiger charge is -2.31. The minimum Gasteiger partial charge on any atom is -0.310 e. The molecule has 1 atom stereocenters. The lowest BCUT2D eigenvalue weighted by atomic mass is 9.97. The van der Waals surface area contributed by atoms with Crippen molar-refractivity contribution in [1.29, 1.82) is 0 Å². The van der Waals surface area contributed by atoms with Crippen LogP contribution >= 0.6 is 0 Å². The lowest BCUT2D eigenvalue weighted by molar-refractivity contribution is 0.642. The number of benzene rings is 9. The van der Waals surface area contributed by atoms with Crippen molar-refractivity contribution in [3.05, 3.63) is 224 Å². The van der Waals surface area contributed by atoms with Crippen molar-refractivity contribution < 1.29 is 0 Å². The second kappa shape index (κ2) is 13.6. The van der Waals surface area contributed by atoms with Crippen LogP contribution in [0.3, 0.4) is 0 Å². The second-order valence-electron chi connectivity index (χ2n) is 15.3. The third-order valence-corrected chi connectivity index (χ3v) is 12.0. The van der Waals surface area contributed by atoms with E-state index in [9.17, 15) is 0 Å². The van der Waals surface area contributed by atoms with Gasteiger partial charge >= 0.3 is 0 Å². The van der Waals surface area contributed by atoms with Crippen molar-refractivity contribution in [2.75, 3.05) is 11.9 Å². The smallest absolute Gasteiger partial charge is 0.153 e. The van der Waals surface area contributed by atoms with Crippen LogP contribution in [0.1, 0.15) is 0 Å². The Balaban J connectivity index is 1.01. The van der Waals surface area contributed by atoms with E-state index >= 15 is 0 Å². The van der Waals surface area contributed by atoms with Crippen LogP contribution in [0.4, 0.5) is 34.1 Å². The molecule has 0 fully saturated rings. The summed E-state index contributed by atoms with van der Waals surface area (Å²) in [5, 5.41) is 2.51. The molecule has 0 aliphatic carbocycles. The zero-order chi connectivity index (χ0) is 38.6. The summed E-state index contributed by atoms with van der Waals surface area (Å²) in [7, 11) is 2.32. The molecule has 9 aromatic carbocycles. The molecule has 0 spiro atoms. The average Bonchev–Trinajstić information content (AvgIpc) is 3.77. The summed E-state index contributed by atoms with van der Waals surface area (Å²) >= 11 is 0. The minimum absolute atomic E-state index is 0.605. The molecule has 1 aliphatic heterocycles. The van der Waals surface area contributed by atoms with Gasteiger partial charge in [-0.3, -0.25) is 0 Å². The van der Waals surface area contributed by atoms with Crippen LogP contribution in [-0.4, -0.2) is 11.6 Å². The molecule has 1 aliphatic rings. The molecule has 1 aromatic heterocycles. The summed E-state index contributed by atoms with van der Waals surface area (Å²) < 4.78 is 2.98. The lowest BCUT2D eigenvalue weighted by Crippen LogP contribution is -2.31. The number of para-hydroxylation sites is 5. The first kappa shape index (κ1) is 33.8. The Labute approximate surface area is 339 Å². The van der Waals surface area contributed by atoms with Crippen LogP contribution in [0.2, 0.25) is 0 Å². The molecule has 58 heavy (non-hydrogen) atoms. The zero-order valence-electron chi connectivity index (χ0n) is 32.2. The van der Waals surface area contributed by atoms with Crippen LogP contribution < -0.4 is 9.38 Å². The Morgan fingerprint density at radius 1 is 0.362 bits per heavy atom. The molecule has 1 unspecified atom stereocenters. The third-order valence-electron chi connectivity index (χ3n) is 12.0. The zero-order valence-corrected chi connectivity index (χ0v) is 32.2. The first-order valence-electron chi connectivity index (χ1n) is 20.0. The standard InChI is InChI=1S/C55H40N3/c1-58(47-25-9-4-10-26-47)54-30-14-12-28-49(54)50-33-32-46(38-55(50)58)56(43-20-5-2-6-21-43)45-24-16-19-41(36-45)39-17-15-18-40(35-39)42-31-34-53-51(37-42)48-27-11-13-29-52(48)57(53)44-22-7-3-8-23-44/h2-38H,1H3/q+1. The maximum atomic E-state index is 2.40. The van der Waals surface area contributed by atoms with Crippen molar-refractivity contribution >= 4 is 55.9 Å². The van der Waals surface area contributed by atoms with E-state index in [1.807, 2.05) is 0 Å². The van der Waals surface area contributed by atoms with E-state index in [4.69, 9.17) is 0 Å². The number of rotatable bonds is 7. The van der Waals surface area contributed by atoms with Gasteiger partial charge in [0.15, 0.2) is 11.4 Å². The van der Waals surface area contributed by atoms with Gasteiger partial charge in [-0.1, -0.05) is 121 Å². The molecule has 0 N–H and O–H groups in total. The molecular formula is C55H40N3+. The Morgan fingerprint density at radius 3 is 1.72 bits per heavy atom. The summed E-state index contributed by atoms with van der Waals surface area (Å²) in [6.07, 6.45) is 0. The van der Waals surface area contributed by atoms with Gasteiger partial charge in [-0.05, 0) is 113 Å².